The van der Waals surface area contributed by atoms with Gasteiger partial charge in [-0.15, -0.1) is 0 Å². The van der Waals surface area contributed by atoms with Gasteiger partial charge in [0.1, 0.15) is 0 Å². The molecule has 0 amide bonds. The average Bonchev–Trinajstić information content (AvgIpc) is 2.71. The standard InChI is InChI=1S/C13H23NO3/c1-9-12(13(15)16)7-8-14(9)10-3-5-11(17-2)6-4-10/h9-12H,3-8H2,1-2H3,(H,15,16). The highest BCUT2D eigenvalue weighted by atomic mass is 16.5. The van der Waals surface area contributed by atoms with Gasteiger partial charge in [0.25, 0.3) is 0 Å². The molecule has 4 nitrogen and oxygen atoms in total. The Morgan fingerprint density at radius 1 is 1.24 bits per heavy atom. The first-order valence-electron chi connectivity index (χ1n) is 6.64. The normalized spacial score (nSPS) is 39.4. The molecule has 2 atom stereocenters. The summed E-state index contributed by atoms with van der Waals surface area (Å²) in [5, 5.41) is 9.13. The number of likely N-dealkylation sites (tertiary alicyclic amines) is 1. The van der Waals surface area contributed by atoms with E-state index in [1.165, 1.54) is 0 Å². The predicted molar refractivity (Wildman–Crippen MR) is 65.0 cm³/mol. The SMILES string of the molecule is COC1CCC(N2CCC(C(=O)O)C2C)CC1. The van der Waals surface area contributed by atoms with E-state index in [1.807, 2.05) is 0 Å². The monoisotopic (exact) mass is 241 g/mol. The first-order chi connectivity index (χ1) is 8.13. The van der Waals surface area contributed by atoms with E-state index in [1.54, 1.807) is 7.11 Å². The first-order valence-corrected chi connectivity index (χ1v) is 6.64. The molecule has 0 radical (unpaired) electrons. The lowest BCUT2D eigenvalue weighted by atomic mass is 9.91. The number of nitrogens with zero attached hydrogens (tertiary/aromatic N) is 1. The van der Waals surface area contributed by atoms with Crippen LogP contribution in [-0.2, 0) is 9.53 Å². The molecule has 2 aliphatic rings. The quantitative estimate of drug-likeness (QED) is 0.817. The largest absolute Gasteiger partial charge is 0.481 e. The summed E-state index contributed by atoms with van der Waals surface area (Å²) in [7, 11) is 1.78. The molecule has 1 aliphatic heterocycles. The minimum atomic E-state index is -0.634. The molecule has 1 saturated carbocycles. The summed E-state index contributed by atoms with van der Waals surface area (Å²) in [4.78, 5) is 13.5. The summed E-state index contributed by atoms with van der Waals surface area (Å²) in [6.45, 7) is 3.01. The number of hydrogen-bond donors (Lipinski definition) is 1. The molecular weight excluding hydrogens is 218 g/mol. The zero-order valence-corrected chi connectivity index (χ0v) is 10.8. The van der Waals surface area contributed by atoms with Crippen LogP contribution in [0.3, 0.4) is 0 Å². The molecule has 2 fully saturated rings. The van der Waals surface area contributed by atoms with E-state index in [0.29, 0.717) is 12.1 Å². The Balaban J connectivity index is 1.90. The van der Waals surface area contributed by atoms with E-state index in [2.05, 4.69) is 11.8 Å². The summed E-state index contributed by atoms with van der Waals surface area (Å²) >= 11 is 0. The van der Waals surface area contributed by atoms with E-state index in [0.717, 1.165) is 38.6 Å². The van der Waals surface area contributed by atoms with Crippen molar-refractivity contribution < 1.29 is 14.6 Å². The van der Waals surface area contributed by atoms with Gasteiger partial charge >= 0.3 is 5.97 Å². The molecule has 0 aromatic heterocycles. The van der Waals surface area contributed by atoms with Crippen molar-refractivity contribution in [3.8, 4) is 0 Å². The molecule has 0 spiro atoms. The lowest BCUT2D eigenvalue weighted by Gasteiger charge is -2.37. The van der Waals surface area contributed by atoms with E-state index in [4.69, 9.17) is 9.84 Å². The number of hydrogen-bond acceptors (Lipinski definition) is 3. The Morgan fingerprint density at radius 3 is 2.35 bits per heavy atom. The van der Waals surface area contributed by atoms with Crippen LogP contribution < -0.4 is 0 Å². The van der Waals surface area contributed by atoms with Crippen LogP contribution in [0.2, 0.25) is 0 Å². The van der Waals surface area contributed by atoms with Gasteiger partial charge in [-0.1, -0.05) is 0 Å². The fraction of sp³-hybridized carbons (Fsp3) is 0.923. The zero-order valence-electron chi connectivity index (χ0n) is 10.8. The molecule has 98 valence electrons. The van der Waals surface area contributed by atoms with Crippen molar-refractivity contribution >= 4 is 5.97 Å². The van der Waals surface area contributed by atoms with Gasteiger partial charge in [-0.2, -0.15) is 0 Å². The van der Waals surface area contributed by atoms with Crippen LogP contribution in [-0.4, -0.2) is 47.8 Å². The van der Waals surface area contributed by atoms with Crippen LogP contribution in [0.1, 0.15) is 39.0 Å². The predicted octanol–water partition coefficient (Wildman–Crippen LogP) is 1.74. The van der Waals surface area contributed by atoms with Crippen LogP contribution in [0, 0.1) is 5.92 Å². The molecule has 1 heterocycles. The fourth-order valence-corrected chi connectivity index (χ4v) is 3.42. The van der Waals surface area contributed by atoms with Crippen molar-refractivity contribution in [1.82, 2.24) is 4.90 Å². The molecule has 0 aromatic rings. The van der Waals surface area contributed by atoms with Crippen molar-refractivity contribution in [3.05, 3.63) is 0 Å². The second-order valence-corrected chi connectivity index (χ2v) is 5.38. The molecule has 1 saturated heterocycles. The van der Waals surface area contributed by atoms with Gasteiger partial charge in [-0.3, -0.25) is 9.69 Å². The minimum Gasteiger partial charge on any atom is -0.481 e. The topological polar surface area (TPSA) is 49.8 Å². The molecule has 0 bridgehead atoms. The minimum absolute atomic E-state index is 0.171. The van der Waals surface area contributed by atoms with Crippen LogP contribution in [0.15, 0.2) is 0 Å². The third-order valence-corrected chi connectivity index (χ3v) is 4.57. The number of ether oxygens (including phenoxy) is 1. The molecule has 1 N–H and O–H groups in total. The lowest BCUT2D eigenvalue weighted by Crippen LogP contribution is -2.43. The van der Waals surface area contributed by atoms with Crippen LogP contribution in [0.25, 0.3) is 0 Å². The van der Waals surface area contributed by atoms with E-state index in [9.17, 15) is 4.79 Å². The van der Waals surface area contributed by atoms with Crippen LogP contribution in [0.4, 0.5) is 0 Å². The number of carbonyl (C=O) groups is 1. The molecule has 17 heavy (non-hydrogen) atoms. The Morgan fingerprint density at radius 2 is 1.88 bits per heavy atom. The first kappa shape index (κ1) is 12.8. The van der Waals surface area contributed by atoms with Crippen molar-refractivity contribution in [3.63, 3.8) is 0 Å². The highest BCUT2D eigenvalue weighted by Gasteiger charge is 2.39. The highest BCUT2D eigenvalue weighted by molar-refractivity contribution is 5.71. The number of aliphatic carboxylic acids is 1. The van der Waals surface area contributed by atoms with Gasteiger partial charge in [0.2, 0.25) is 0 Å². The molecule has 0 aromatic carbocycles. The number of rotatable bonds is 3. The van der Waals surface area contributed by atoms with Gasteiger partial charge in [0.15, 0.2) is 0 Å². The van der Waals surface area contributed by atoms with E-state index in [-0.39, 0.29) is 12.0 Å². The van der Waals surface area contributed by atoms with Crippen molar-refractivity contribution in [1.29, 1.82) is 0 Å². The zero-order chi connectivity index (χ0) is 12.4. The van der Waals surface area contributed by atoms with E-state index < -0.39 is 5.97 Å². The molecule has 2 rings (SSSR count). The summed E-state index contributed by atoms with van der Waals surface area (Å²) in [6.07, 6.45) is 5.74. The van der Waals surface area contributed by atoms with Gasteiger partial charge in [0.05, 0.1) is 12.0 Å². The maximum atomic E-state index is 11.1. The van der Waals surface area contributed by atoms with Crippen molar-refractivity contribution in [2.45, 2.75) is 57.2 Å². The summed E-state index contributed by atoms with van der Waals surface area (Å²) < 4.78 is 5.38. The Bertz CT molecular complexity index is 274. The molecular formula is C13H23NO3. The maximum absolute atomic E-state index is 11.1. The smallest absolute Gasteiger partial charge is 0.308 e. The van der Waals surface area contributed by atoms with Gasteiger partial charge in [-0.05, 0) is 45.6 Å². The highest BCUT2D eigenvalue weighted by Crippen LogP contribution is 2.32. The van der Waals surface area contributed by atoms with Gasteiger partial charge in [-0.25, -0.2) is 0 Å². The maximum Gasteiger partial charge on any atom is 0.308 e. The Labute approximate surface area is 103 Å². The number of carboxylic acid groups (broad SMARTS) is 1. The van der Waals surface area contributed by atoms with Crippen molar-refractivity contribution in [2.75, 3.05) is 13.7 Å². The summed E-state index contributed by atoms with van der Waals surface area (Å²) in [6, 6.07) is 0.761. The number of methoxy groups -OCH3 is 1. The summed E-state index contributed by atoms with van der Waals surface area (Å²) in [5.41, 5.74) is 0. The third-order valence-electron chi connectivity index (χ3n) is 4.57. The number of carboxylic acids is 1. The Hall–Kier alpha value is -0.610. The molecule has 2 unspecified atom stereocenters. The van der Waals surface area contributed by atoms with Crippen LogP contribution in [0.5, 0.6) is 0 Å². The lowest BCUT2D eigenvalue weighted by molar-refractivity contribution is -0.142. The second-order valence-electron chi connectivity index (χ2n) is 5.38. The molecule has 1 aliphatic carbocycles. The third kappa shape index (κ3) is 2.63. The van der Waals surface area contributed by atoms with Gasteiger partial charge in [0, 0.05) is 19.2 Å². The van der Waals surface area contributed by atoms with E-state index >= 15 is 0 Å². The molecule has 4 heteroatoms. The summed E-state index contributed by atoms with van der Waals surface area (Å²) in [5.74, 6) is -0.805. The van der Waals surface area contributed by atoms with Crippen LogP contribution >= 0.6 is 0 Å². The van der Waals surface area contributed by atoms with Crippen molar-refractivity contribution in [2.24, 2.45) is 5.92 Å². The average molecular weight is 241 g/mol. The van der Waals surface area contributed by atoms with Gasteiger partial charge < -0.3 is 9.84 Å². The Kier molecular flexibility index (Phi) is 4.05. The fourth-order valence-electron chi connectivity index (χ4n) is 3.42. The second kappa shape index (κ2) is 5.36.